The molecule has 6 heteroatoms. The lowest BCUT2D eigenvalue weighted by Crippen LogP contribution is -2.64. The molecule has 1 fully saturated rings. The zero-order chi connectivity index (χ0) is 17.1. The maximum Gasteiger partial charge on any atom is 0.261 e. The molecule has 22 heavy (non-hydrogen) atoms. The van der Waals surface area contributed by atoms with Crippen molar-refractivity contribution >= 4 is 11.8 Å². The fraction of sp³-hybridized carbons (Fsp3) is 0.688. The molecule has 1 saturated heterocycles. The molecule has 122 valence electrons. The molecular formula is C16H25N3O3. The number of carbonyl (C=O) groups excluding carboxylic acids is 2. The number of amides is 2. The van der Waals surface area contributed by atoms with E-state index in [2.05, 4.69) is 0 Å². The van der Waals surface area contributed by atoms with Gasteiger partial charge in [0.2, 0.25) is 5.91 Å². The van der Waals surface area contributed by atoms with E-state index in [1.54, 1.807) is 30.7 Å². The average Bonchev–Trinajstić information content (AvgIpc) is 2.39. The summed E-state index contributed by atoms with van der Waals surface area (Å²) in [6.45, 7) is 10.00. The van der Waals surface area contributed by atoms with Crippen LogP contribution in [0.3, 0.4) is 0 Å². The maximum atomic E-state index is 12.4. The summed E-state index contributed by atoms with van der Waals surface area (Å²) in [7, 11) is 1.73. The SMILES string of the molecule is CN1CCN(C(=O)COC(=CC#N)C(C)(C)C)C(C)(C)C1=O. The zero-order valence-electron chi connectivity index (χ0n) is 14.3. The molecule has 0 aromatic heterocycles. The number of likely N-dealkylation sites (N-methyl/N-ethyl adjacent to an activating group) is 1. The minimum Gasteiger partial charge on any atom is -0.487 e. The first kappa shape index (κ1) is 18.0. The number of piperazine rings is 1. The Morgan fingerprint density at radius 3 is 2.50 bits per heavy atom. The molecule has 0 saturated carbocycles. The molecule has 0 unspecified atom stereocenters. The van der Waals surface area contributed by atoms with Gasteiger partial charge in [-0.25, -0.2) is 0 Å². The Bertz CT molecular complexity index is 524. The third kappa shape index (κ3) is 3.79. The first-order chi connectivity index (χ1) is 10.0. The van der Waals surface area contributed by atoms with Crippen molar-refractivity contribution in [3.63, 3.8) is 0 Å². The Morgan fingerprint density at radius 1 is 1.41 bits per heavy atom. The number of rotatable bonds is 3. The summed E-state index contributed by atoms with van der Waals surface area (Å²) in [6, 6.07) is 1.93. The predicted octanol–water partition coefficient (Wildman–Crippen LogP) is 1.54. The van der Waals surface area contributed by atoms with E-state index in [-0.39, 0.29) is 23.8 Å². The van der Waals surface area contributed by atoms with Gasteiger partial charge >= 0.3 is 0 Å². The van der Waals surface area contributed by atoms with E-state index < -0.39 is 5.54 Å². The standard InChI is InChI=1S/C16H25N3O3/c1-15(2,3)12(7-8-17)22-11-13(20)19-10-9-18(6)14(21)16(19,4)5/h7H,9-11H2,1-6H3. The molecule has 6 nitrogen and oxygen atoms in total. The molecule has 2 amide bonds. The first-order valence-corrected chi connectivity index (χ1v) is 7.31. The molecule has 1 heterocycles. The highest BCUT2D eigenvalue weighted by Crippen LogP contribution is 2.27. The molecule has 0 aromatic carbocycles. The van der Waals surface area contributed by atoms with Gasteiger partial charge in [0.05, 0.1) is 12.1 Å². The van der Waals surface area contributed by atoms with Crippen molar-refractivity contribution in [1.29, 1.82) is 5.26 Å². The van der Waals surface area contributed by atoms with Gasteiger partial charge < -0.3 is 14.5 Å². The second kappa shape index (κ2) is 6.39. The Labute approximate surface area is 132 Å². The number of nitriles is 1. The monoisotopic (exact) mass is 307 g/mol. The van der Waals surface area contributed by atoms with Crippen LogP contribution in [-0.2, 0) is 14.3 Å². The van der Waals surface area contributed by atoms with Crippen molar-refractivity contribution in [2.75, 3.05) is 26.7 Å². The lowest BCUT2D eigenvalue weighted by atomic mass is 9.93. The number of carbonyl (C=O) groups is 2. The van der Waals surface area contributed by atoms with E-state index >= 15 is 0 Å². The van der Waals surface area contributed by atoms with Crippen molar-refractivity contribution < 1.29 is 14.3 Å². The third-order valence-electron chi connectivity index (χ3n) is 3.79. The van der Waals surface area contributed by atoms with E-state index in [4.69, 9.17) is 10.00 Å². The molecular weight excluding hydrogens is 282 g/mol. The lowest BCUT2D eigenvalue weighted by molar-refractivity contribution is -0.159. The summed E-state index contributed by atoms with van der Waals surface area (Å²) < 4.78 is 5.54. The van der Waals surface area contributed by atoms with Crippen LogP contribution in [0.1, 0.15) is 34.6 Å². The van der Waals surface area contributed by atoms with Gasteiger partial charge in [0.15, 0.2) is 6.61 Å². The molecule has 0 radical (unpaired) electrons. The fourth-order valence-electron chi connectivity index (χ4n) is 2.40. The van der Waals surface area contributed by atoms with Gasteiger partial charge in [0, 0.05) is 25.6 Å². The predicted molar refractivity (Wildman–Crippen MR) is 82.5 cm³/mol. The molecule has 0 N–H and O–H groups in total. The third-order valence-corrected chi connectivity index (χ3v) is 3.79. The van der Waals surface area contributed by atoms with Crippen molar-refractivity contribution in [3.05, 3.63) is 11.8 Å². The fourth-order valence-corrected chi connectivity index (χ4v) is 2.40. The Morgan fingerprint density at radius 2 is 2.00 bits per heavy atom. The largest absolute Gasteiger partial charge is 0.487 e. The number of nitrogens with zero attached hydrogens (tertiary/aromatic N) is 3. The van der Waals surface area contributed by atoms with Gasteiger partial charge in [-0.1, -0.05) is 20.8 Å². The van der Waals surface area contributed by atoms with Crippen LogP contribution in [-0.4, -0.2) is 53.9 Å². The van der Waals surface area contributed by atoms with E-state index in [1.165, 1.54) is 6.08 Å². The smallest absolute Gasteiger partial charge is 0.261 e. The van der Waals surface area contributed by atoms with Gasteiger partial charge in [0.25, 0.3) is 5.91 Å². The van der Waals surface area contributed by atoms with E-state index in [9.17, 15) is 9.59 Å². The van der Waals surface area contributed by atoms with Crippen molar-refractivity contribution in [2.45, 2.75) is 40.2 Å². The van der Waals surface area contributed by atoms with Gasteiger partial charge in [-0.3, -0.25) is 9.59 Å². The summed E-state index contributed by atoms with van der Waals surface area (Å²) in [4.78, 5) is 27.8. The van der Waals surface area contributed by atoms with Crippen LogP contribution in [0.2, 0.25) is 0 Å². The summed E-state index contributed by atoms with van der Waals surface area (Å²) in [6.07, 6.45) is 1.31. The van der Waals surface area contributed by atoms with E-state index in [0.29, 0.717) is 18.8 Å². The van der Waals surface area contributed by atoms with Gasteiger partial charge in [0.1, 0.15) is 11.3 Å². The summed E-state index contributed by atoms with van der Waals surface area (Å²) >= 11 is 0. The van der Waals surface area contributed by atoms with Crippen LogP contribution in [0.4, 0.5) is 0 Å². The zero-order valence-corrected chi connectivity index (χ0v) is 14.3. The second-order valence-corrected chi connectivity index (χ2v) is 7.01. The van der Waals surface area contributed by atoms with Gasteiger partial charge in [-0.2, -0.15) is 5.26 Å². The molecule has 0 bridgehead atoms. The van der Waals surface area contributed by atoms with Crippen LogP contribution in [0.25, 0.3) is 0 Å². The Kier molecular flexibility index (Phi) is 5.23. The first-order valence-electron chi connectivity index (χ1n) is 7.31. The lowest BCUT2D eigenvalue weighted by Gasteiger charge is -2.44. The minimum absolute atomic E-state index is 0.0873. The number of allylic oxidation sites excluding steroid dienone is 2. The van der Waals surface area contributed by atoms with E-state index in [0.717, 1.165) is 0 Å². The van der Waals surface area contributed by atoms with Crippen LogP contribution < -0.4 is 0 Å². The van der Waals surface area contributed by atoms with Crippen molar-refractivity contribution in [1.82, 2.24) is 9.80 Å². The number of hydrogen-bond acceptors (Lipinski definition) is 4. The quantitative estimate of drug-likeness (QED) is 0.585. The summed E-state index contributed by atoms with van der Waals surface area (Å²) in [5, 5.41) is 8.81. The Balaban J connectivity index is 2.80. The molecule has 1 aliphatic heterocycles. The highest BCUT2D eigenvalue weighted by molar-refractivity contribution is 5.92. The van der Waals surface area contributed by atoms with Crippen LogP contribution in [0.5, 0.6) is 0 Å². The van der Waals surface area contributed by atoms with Gasteiger partial charge in [-0.15, -0.1) is 0 Å². The van der Waals surface area contributed by atoms with Crippen molar-refractivity contribution in [3.8, 4) is 6.07 Å². The highest BCUT2D eigenvalue weighted by Gasteiger charge is 2.43. The molecule has 0 aromatic rings. The number of hydrogen-bond donors (Lipinski definition) is 0. The Hall–Kier alpha value is -2.03. The molecule has 0 aliphatic carbocycles. The van der Waals surface area contributed by atoms with Crippen LogP contribution in [0, 0.1) is 16.7 Å². The minimum atomic E-state index is -0.881. The summed E-state index contributed by atoms with van der Waals surface area (Å²) in [5.41, 5.74) is -1.24. The van der Waals surface area contributed by atoms with Crippen molar-refractivity contribution in [2.24, 2.45) is 5.41 Å². The number of ether oxygens (including phenoxy) is 1. The van der Waals surface area contributed by atoms with E-state index in [1.807, 2.05) is 26.8 Å². The van der Waals surface area contributed by atoms with Crippen LogP contribution in [0.15, 0.2) is 11.8 Å². The second-order valence-electron chi connectivity index (χ2n) is 7.01. The molecule has 1 aliphatic rings. The van der Waals surface area contributed by atoms with Crippen LogP contribution >= 0.6 is 0 Å². The van der Waals surface area contributed by atoms with Gasteiger partial charge in [-0.05, 0) is 13.8 Å². The highest BCUT2D eigenvalue weighted by atomic mass is 16.5. The summed E-state index contributed by atoms with van der Waals surface area (Å²) in [5.74, 6) is 0.122. The average molecular weight is 307 g/mol. The maximum absolute atomic E-state index is 12.4. The molecule has 1 rings (SSSR count). The topological polar surface area (TPSA) is 73.6 Å². The molecule has 0 spiro atoms. The molecule has 0 atom stereocenters. The normalized spacial score (nSPS) is 19.0.